The highest BCUT2D eigenvalue weighted by molar-refractivity contribution is 5.64. The van der Waals surface area contributed by atoms with Crippen LogP contribution < -0.4 is 5.56 Å². The lowest BCUT2D eigenvalue weighted by Gasteiger charge is -2.15. The zero-order valence-electron chi connectivity index (χ0n) is 17.0. The predicted molar refractivity (Wildman–Crippen MR) is 113 cm³/mol. The molecule has 1 fully saturated rings. The van der Waals surface area contributed by atoms with Crippen LogP contribution in [-0.4, -0.2) is 47.5 Å². The second kappa shape index (κ2) is 7.46. The van der Waals surface area contributed by atoms with Crippen molar-refractivity contribution in [2.45, 2.75) is 26.3 Å². The Morgan fingerprint density at radius 1 is 1.10 bits per heavy atom. The van der Waals surface area contributed by atoms with E-state index in [4.69, 9.17) is 5.10 Å². The third-order valence-electron chi connectivity index (χ3n) is 5.83. The maximum absolute atomic E-state index is 12.8. The van der Waals surface area contributed by atoms with Gasteiger partial charge < -0.3 is 4.98 Å². The molecule has 1 saturated heterocycles. The van der Waals surface area contributed by atoms with Crippen LogP contribution in [0.3, 0.4) is 0 Å². The quantitative estimate of drug-likeness (QED) is 0.565. The molecule has 0 aliphatic carbocycles. The number of hydrogen-bond acceptors (Lipinski definition) is 6. The number of nitrogens with zero attached hydrogens (tertiary/aromatic N) is 6. The van der Waals surface area contributed by atoms with Crippen molar-refractivity contribution < 1.29 is 0 Å². The van der Waals surface area contributed by atoms with Gasteiger partial charge in [-0.15, -0.1) is 0 Å². The number of fused-ring (bicyclic) bond motifs is 1. The van der Waals surface area contributed by atoms with Crippen LogP contribution in [0, 0.1) is 12.8 Å². The van der Waals surface area contributed by atoms with Crippen molar-refractivity contribution in [1.29, 1.82) is 0 Å². The summed E-state index contributed by atoms with van der Waals surface area (Å²) in [6, 6.07) is 9.82. The molecular weight excluding hydrogens is 378 g/mol. The second-order valence-electron chi connectivity index (χ2n) is 7.98. The van der Waals surface area contributed by atoms with Crippen LogP contribution in [0.2, 0.25) is 0 Å². The van der Waals surface area contributed by atoms with Crippen molar-refractivity contribution >= 4 is 5.52 Å². The monoisotopic (exact) mass is 401 g/mol. The number of aromatic amines is 1. The zero-order chi connectivity index (χ0) is 20.7. The van der Waals surface area contributed by atoms with E-state index in [9.17, 15) is 4.79 Å². The lowest BCUT2D eigenvalue weighted by Crippen LogP contribution is -2.23. The van der Waals surface area contributed by atoms with Gasteiger partial charge in [-0.3, -0.25) is 9.69 Å². The molecule has 1 N–H and O–H groups in total. The Hall–Kier alpha value is -3.39. The summed E-state index contributed by atoms with van der Waals surface area (Å²) in [5.74, 6) is 2.66. The van der Waals surface area contributed by atoms with Crippen LogP contribution >= 0.6 is 0 Å². The molecule has 2 atom stereocenters. The maximum Gasteiger partial charge on any atom is 0.276 e. The van der Waals surface area contributed by atoms with Gasteiger partial charge in [0.15, 0.2) is 11.3 Å². The van der Waals surface area contributed by atoms with Gasteiger partial charge in [0.2, 0.25) is 0 Å². The molecule has 0 spiro atoms. The van der Waals surface area contributed by atoms with Crippen LogP contribution in [-0.2, 0) is 6.54 Å². The first kappa shape index (κ1) is 18.6. The van der Waals surface area contributed by atoms with Crippen molar-refractivity contribution in [2.75, 3.05) is 13.1 Å². The topological polar surface area (TPSA) is 92.1 Å². The summed E-state index contributed by atoms with van der Waals surface area (Å²) in [6.07, 6.45) is 5.12. The lowest BCUT2D eigenvalue weighted by molar-refractivity contribution is 0.310. The predicted octanol–water partition coefficient (Wildman–Crippen LogP) is 2.42. The average Bonchev–Trinajstić information content (AvgIpc) is 3.33. The molecule has 0 amide bonds. The molecular formula is C22H23N7O. The Balaban J connectivity index is 1.50. The zero-order valence-corrected chi connectivity index (χ0v) is 17.0. The van der Waals surface area contributed by atoms with E-state index in [1.807, 2.05) is 37.3 Å². The summed E-state index contributed by atoms with van der Waals surface area (Å²) in [5.41, 5.74) is 2.36. The first-order valence-electron chi connectivity index (χ1n) is 10.1. The number of rotatable bonds is 4. The molecule has 2 unspecified atom stereocenters. The van der Waals surface area contributed by atoms with Gasteiger partial charge in [0, 0.05) is 37.0 Å². The molecule has 8 heteroatoms. The molecule has 8 nitrogen and oxygen atoms in total. The molecule has 0 bridgehead atoms. The van der Waals surface area contributed by atoms with Crippen molar-refractivity contribution in [1.82, 2.24) is 34.4 Å². The van der Waals surface area contributed by atoms with Crippen molar-refractivity contribution in [3.8, 4) is 11.4 Å². The average molecular weight is 401 g/mol. The van der Waals surface area contributed by atoms with E-state index in [-0.39, 0.29) is 11.5 Å². The number of imidazole rings is 1. The molecule has 1 aromatic carbocycles. The summed E-state index contributed by atoms with van der Waals surface area (Å²) in [6.45, 7) is 6.61. The number of benzene rings is 1. The second-order valence-corrected chi connectivity index (χ2v) is 7.98. The highest BCUT2D eigenvalue weighted by Gasteiger charge is 2.33. The first-order valence-corrected chi connectivity index (χ1v) is 10.1. The van der Waals surface area contributed by atoms with Gasteiger partial charge in [-0.25, -0.2) is 19.5 Å². The van der Waals surface area contributed by atoms with Gasteiger partial charge >= 0.3 is 0 Å². The summed E-state index contributed by atoms with van der Waals surface area (Å²) in [4.78, 5) is 31.2. The molecule has 4 aromatic rings. The van der Waals surface area contributed by atoms with Crippen LogP contribution in [0.15, 0.2) is 53.7 Å². The fraction of sp³-hybridized carbons (Fsp3) is 0.318. The number of hydrogen-bond donors (Lipinski definition) is 1. The molecule has 4 heterocycles. The van der Waals surface area contributed by atoms with E-state index in [1.165, 1.54) is 0 Å². The number of nitrogens with one attached hydrogen (secondary N) is 1. The van der Waals surface area contributed by atoms with Crippen LogP contribution in [0.4, 0.5) is 0 Å². The van der Waals surface area contributed by atoms with E-state index in [2.05, 4.69) is 31.8 Å². The van der Waals surface area contributed by atoms with E-state index < -0.39 is 0 Å². The Labute approximate surface area is 173 Å². The molecule has 0 radical (unpaired) electrons. The SMILES string of the molecule is Cc1ccccc1-c1ncc2c(=O)[nH]c(C3CN(Cc4ncccn4)CC3C)nn12. The molecule has 30 heavy (non-hydrogen) atoms. The summed E-state index contributed by atoms with van der Waals surface area (Å²) in [5, 5.41) is 4.83. The van der Waals surface area contributed by atoms with Gasteiger partial charge in [-0.2, -0.15) is 5.10 Å². The smallest absolute Gasteiger partial charge is 0.276 e. The van der Waals surface area contributed by atoms with Crippen molar-refractivity contribution in [3.63, 3.8) is 0 Å². The highest BCUT2D eigenvalue weighted by atomic mass is 16.1. The third kappa shape index (κ3) is 3.29. The van der Waals surface area contributed by atoms with Crippen LogP contribution in [0.1, 0.15) is 30.1 Å². The van der Waals surface area contributed by atoms with E-state index in [1.54, 1.807) is 23.1 Å². The van der Waals surface area contributed by atoms with E-state index >= 15 is 0 Å². The molecule has 5 rings (SSSR count). The Bertz CT molecular complexity index is 1250. The fourth-order valence-electron chi connectivity index (χ4n) is 4.25. The fourth-order valence-corrected chi connectivity index (χ4v) is 4.25. The van der Waals surface area contributed by atoms with Crippen LogP contribution in [0.25, 0.3) is 16.9 Å². The minimum absolute atomic E-state index is 0.123. The van der Waals surface area contributed by atoms with E-state index in [0.717, 1.165) is 30.0 Å². The molecule has 1 aliphatic heterocycles. The van der Waals surface area contributed by atoms with Gasteiger partial charge in [-0.1, -0.05) is 31.2 Å². The van der Waals surface area contributed by atoms with E-state index in [0.29, 0.717) is 29.6 Å². The largest absolute Gasteiger partial charge is 0.307 e. The number of aromatic nitrogens is 6. The molecule has 1 aliphatic rings. The third-order valence-corrected chi connectivity index (χ3v) is 5.83. The number of likely N-dealkylation sites (tertiary alicyclic amines) is 1. The maximum atomic E-state index is 12.8. The summed E-state index contributed by atoms with van der Waals surface area (Å²) in [7, 11) is 0. The Kier molecular flexibility index (Phi) is 4.63. The Morgan fingerprint density at radius 2 is 1.90 bits per heavy atom. The Morgan fingerprint density at radius 3 is 2.70 bits per heavy atom. The summed E-state index contributed by atoms with van der Waals surface area (Å²) >= 11 is 0. The molecule has 3 aromatic heterocycles. The number of H-pyrrole nitrogens is 1. The van der Waals surface area contributed by atoms with Crippen molar-refractivity contribution in [3.05, 3.63) is 76.5 Å². The first-order chi connectivity index (χ1) is 14.6. The van der Waals surface area contributed by atoms with Gasteiger partial charge in [0.25, 0.3) is 5.56 Å². The molecule has 0 saturated carbocycles. The lowest BCUT2D eigenvalue weighted by atomic mass is 9.97. The number of aryl methyl sites for hydroxylation is 1. The molecule has 152 valence electrons. The van der Waals surface area contributed by atoms with Crippen LogP contribution in [0.5, 0.6) is 0 Å². The van der Waals surface area contributed by atoms with Gasteiger partial charge in [0.1, 0.15) is 11.6 Å². The standard InChI is InChI=1S/C22H23N7O/c1-14-6-3-4-7-16(14)21-25-10-18-22(30)26-20(27-29(18)21)17-12-28(11-15(17)2)13-19-23-8-5-9-24-19/h3-10,15,17H,11-13H2,1-2H3,(H,26,27,30). The highest BCUT2D eigenvalue weighted by Crippen LogP contribution is 2.31. The minimum atomic E-state index is -0.163. The van der Waals surface area contributed by atoms with Crippen molar-refractivity contribution in [2.24, 2.45) is 5.92 Å². The summed E-state index contributed by atoms with van der Waals surface area (Å²) < 4.78 is 1.69. The van der Waals surface area contributed by atoms with Gasteiger partial charge in [-0.05, 0) is 24.5 Å². The van der Waals surface area contributed by atoms with Gasteiger partial charge in [0.05, 0.1) is 12.7 Å². The normalized spacial score (nSPS) is 19.5. The minimum Gasteiger partial charge on any atom is -0.307 e.